The van der Waals surface area contributed by atoms with E-state index in [1.54, 1.807) is 12.1 Å². The second kappa shape index (κ2) is 7.73. The van der Waals surface area contributed by atoms with E-state index in [2.05, 4.69) is 23.5 Å². The summed E-state index contributed by atoms with van der Waals surface area (Å²) in [5, 5.41) is 0. The van der Waals surface area contributed by atoms with E-state index in [0.717, 1.165) is 12.0 Å². The van der Waals surface area contributed by atoms with Gasteiger partial charge in [0.15, 0.2) is 0 Å². The van der Waals surface area contributed by atoms with Crippen LogP contribution in [0.2, 0.25) is 0 Å². The van der Waals surface area contributed by atoms with E-state index >= 15 is 0 Å². The summed E-state index contributed by atoms with van der Waals surface area (Å²) in [7, 11) is -1.45. The first-order chi connectivity index (χ1) is 9.36. The Morgan fingerprint density at radius 1 is 1.25 bits per heavy atom. The minimum absolute atomic E-state index is 0.297. The molecule has 0 radical (unpaired) electrons. The van der Waals surface area contributed by atoms with Gasteiger partial charge >= 0.3 is 0 Å². The first kappa shape index (κ1) is 17.1. The Bertz CT molecular complexity index is 498. The molecular formula is C14H25N3O2S. The van der Waals surface area contributed by atoms with Crippen LogP contribution in [0.15, 0.2) is 29.2 Å². The molecule has 0 aliphatic heterocycles. The highest BCUT2D eigenvalue weighted by atomic mass is 32.2. The van der Waals surface area contributed by atoms with Crippen LogP contribution in [0, 0.1) is 0 Å². The van der Waals surface area contributed by atoms with Crippen LogP contribution < -0.4 is 10.5 Å². The highest BCUT2D eigenvalue weighted by Crippen LogP contribution is 2.10. The minimum Gasteiger partial charge on any atom is -0.330 e. The van der Waals surface area contributed by atoms with E-state index in [9.17, 15) is 8.42 Å². The molecule has 0 unspecified atom stereocenters. The first-order valence-corrected chi connectivity index (χ1v) is 8.34. The van der Waals surface area contributed by atoms with Crippen LogP contribution >= 0.6 is 0 Å². The maximum atomic E-state index is 12.1. The maximum absolute atomic E-state index is 12.1. The Balaban J connectivity index is 2.60. The van der Waals surface area contributed by atoms with Gasteiger partial charge in [-0.3, -0.25) is 0 Å². The van der Waals surface area contributed by atoms with E-state index < -0.39 is 10.0 Å². The predicted octanol–water partition coefficient (Wildman–Crippen LogP) is 0.806. The van der Waals surface area contributed by atoms with E-state index in [1.807, 2.05) is 19.2 Å². The summed E-state index contributed by atoms with van der Waals surface area (Å²) in [5.74, 6) is 0. The Morgan fingerprint density at radius 2 is 1.85 bits per heavy atom. The van der Waals surface area contributed by atoms with Crippen molar-refractivity contribution in [3.05, 3.63) is 29.8 Å². The van der Waals surface area contributed by atoms with Crippen LogP contribution in [0.4, 0.5) is 0 Å². The molecule has 0 atom stereocenters. The minimum atomic E-state index is -3.42. The average Bonchev–Trinajstić information content (AvgIpc) is 2.39. The summed E-state index contributed by atoms with van der Waals surface area (Å²) in [6, 6.07) is 7.26. The molecule has 0 amide bonds. The van der Waals surface area contributed by atoms with Crippen molar-refractivity contribution in [2.75, 3.05) is 26.7 Å². The molecule has 1 aromatic rings. The van der Waals surface area contributed by atoms with Gasteiger partial charge < -0.3 is 10.6 Å². The lowest BCUT2D eigenvalue weighted by molar-refractivity contribution is 0.278. The fourth-order valence-corrected chi connectivity index (χ4v) is 2.72. The smallest absolute Gasteiger partial charge is 0.240 e. The molecule has 20 heavy (non-hydrogen) atoms. The number of rotatable bonds is 8. The van der Waals surface area contributed by atoms with Crippen molar-refractivity contribution in [2.45, 2.75) is 31.2 Å². The molecule has 0 heterocycles. The first-order valence-electron chi connectivity index (χ1n) is 6.85. The Labute approximate surface area is 122 Å². The largest absolute Gasteiger partial charge is 0.330 e. The lowest BCUT2D eigenvalue weighted by Crippen LogP contribution is -2.36. The van der Waals surface area contributed by atoms with Crippen LogP contribution in [0.1, 0.15) is 19.4 Å². The van der Waals surface area contributed by atoms with Gasteiger partial charge in [0.25, 0.3) is 0 Å². The number of nitrogens with two attached hydrogens (primary N) is 1. The zero-order valence-electron chi connectivity index (χ0n) is 12.5. The molecule has 0 saturated carbocycles. The molecule has 0 saturated heterocycles. The molecule has 114 valence electrons. The Morgan fingerprint density at radius 3 is 2.35 bits per heavy atom. The molecule has 6 heteroatoms. The van der Waals surface area contributed by atoms with Crippen LogP contribution in [-0.2, 0) is 16.4 Å². The number of nitrogens with one attached hydrogen (secondary N) is 1. The third-order valence-corrected chi connectivity index (χ3v) is 4.78. The standard InChI is InChI=1S/C14H25N3O2S/c1-12(2)17(3)11-10-16-20(18,19)14-6-4-13(5-7-14)8-9-15/h4-7,12,16H,8-11,15H2,1-3H3. The van der Waals surface area contributed by atoms with Crippen LogP contribution in [0.5, 0.6) is 0 Å². The molecule has 0 aliphatic carbocycles. The summed E-state index contributed by atoms with van der Waals surface area (Å²) in [6.07, 6.45) is 0.757. The molecule has 0 aromatic heterocycles. The summed E-state index contributed by atoms with van der Waals surface area (Å²) >= 11 is 0. The topological polar surface area (TPSA) is 75.4 Å². The van der Waals surface area contributed by atoms with Crippen molar-refractivity contribution in [2.24, 2.45) is 5.73 Å². The fourth-order valence-electron chi connectivity index (χ4n) is 1.70. The predicted molar refractivity (Wildman–Crippen MR) is 82.2 cm³/mol. The Hall–Kier alpha value is -0.950. The number of hydrogen-bond donors (Lipinski definition) is 2. The lowest BCUT2D eigenvalue weighted by Gasteiger charge is -2.20. The zero-order valence-corrected chi connectivity index (χ0v) is 13.3. The van der Waals surface area contributed by atoms with Gasteiger partial charge in [-0.05, 0) is 51.6 Å². The maximum Gasteiger partial charge on any atom is 0.240 e. The fraction of sp³-hybridized carbons (Fsp3) is 0.571. The number of benzene rings is 1. The molecule has 0 bridgehead atoms. The monoisotopic (exact) mass is 299 g/mol. The van der Waals surface area contributed by atoms with Crippen molar-refractivity contribution in [1.29, 1.82) is 0 Å². The molecule has 0 aliphatic rings. The molecule has 3 N–H and O–H groups in total. The van der Waals surface area contributed by atoms with Crippen molar-refractivity contribution >= 4 is 10.0 Å². The second-order valence-electron chi connectivity index (χ2n) is 5.15. The van der Waals surface area contributed by atoms with Gasteiger partial charge in [-0.25, -0.2) is 13.1 Å². The molecule has 0 fully saturated rings. The van der Waals surface area contributed by atoms with Crippen LogP contribution in [0.25, 0.3) is 0 Å². The summed E-state index contributed by atoms with van der Waals surface area (Å²) in [6.45, 7) is 5.80. The summed E-state index contributed by atoms with van der Waals surface area (Å²) in [5.41, 5.74) is 6.51. The van der Waals surface area contributed by atoms with Gasteiger partial charge in [-0.15, -0.1) is 0 Å². The van der Waals surface area contributed by atoms with Gasteiger partial charge in [-0.1, -0.05) is 12.1 Å². The summed E-state index contributed by atoms with van der Waals surface area (Å²) < 4.78 is 26.8. The molecule has 1 aromatic carbocycles. The van der Waals surface area contributed by atoms with Crippen LogP contribution in [0.3, 0.4) is 0 Å². The van der Waals surface area contributed by atoms with Gasteiger partial charge in [0, 0.05) is 19.1 Å². The van der Waals surface area contributed by atoms with Gasteiger partial charge in [0.2, 0.25) is 10.0 Å². The zero-order chi connectivity index (χ0) is 15.2. The van der Waals surface area contributed by atoms with Crippen molar-refractivity contribution in [3.63, 3.8) is 0 Å². The number of likely N-dealkylation sites (N-methyl/N-ethyl adjacent to an activating group) is 1. The second-order valence-corrected chi connectivity index (χ2v) is 6.92. The molecule has 0 spiro atoms. The molecular weight excluding hydrogens is 274 g/mol. The highest BCUT2D eigenvalue weighted by Gasteiger charge is 2.13. The van der Waals surface area contributed by atoms with Gasteiger partial charge in [0.05, 0.1) is 4.90 Å². The average molecular weight is 299 g/mol. The third kappa shape index (κ3) is 5.20. The van der Waals surface area contributed by atoms with Gasteiger partial charge in [-0.2, -0.15) is 0 Å². The molecule has 1 rings (SSSR count). The van der Waals surface area contributed by atoms with Crippen molar-refractivity contribution in [3.8, 4) is 0 Å². The van der Waals surface area contributed by atoms with Crippen LogP contribution in [-0.4, -0.2) is 46.0 Å². The lowest BCUT2D eigenvalue weighted by atomic mass is 10.2. The number of sulfonamides is 1. The van der Waals surface area contributed by atoms with Crippen molar-refractivity contribution < 1.29 is 8.42 Å². The third-order valence-electron chi connectivity index (χ3n) is 3.30. The van der Waals surface area contributed by atoms with E-state index in [0.29, 0.717) is 30.6 Å². The normalized spacial score (nSPS) is 12.3. The Kier molecular flexibility index (Phi) is 6.61. The SMILES string of the molecule is CC(C)N(C)CCNS(=O)(=O)c1ccc(CCN)cc1. The number of hydrogen-bond acceptors (Lipinski definition) is 4. The van der Waals surface area contributed by atoms with E-state index in [1.165, 1.54) is 0 Å². The van der Waals surface area contributed by atoms with E-state index in [-0.39, 0.29) is 0 Å². The highest BCUT2D eigenvalue weighted by molar-refractivity contribution is 7.89. The molecule has 5 nitrogen and oxygen atoms in total. The van der Waals surface area contributed by atoms with E-state index in [4.69, 9.17) is 5.73 Å². The summed E-state index contributed by atoms with van der Waals surface area (Å²) in [4.78, 5) is 2.39. The number of nitrogens with zero attached hydrogens (tertiary/aromatic N) is 1. The van der Waals surface area contributed by atoms with Crippen molar-refractivity contribution in [1.82, 2.24) is 9.62 Å². The quantitative estimate of drug-likeness (QED) is 0.745. The van der Waals surface area contributed by atoms with Gasteiger partial charge in [0.1, 0.15) is 0 Å².